The molecule has 1 aliphatic heterocycles. The van der Waals surface area contributed by atoms with Crippen LogP contribution in [0, 0.1) is 10.1 Å². The number of Topliss-reactive ketones (excluding diaryl/α,β-unsaturated/α-hetero) is 1. The molecule has 1 aliphatic carbocycles. The Morgan fingerprint density at radius 3 is 2.55 bits per heavy atom. The van der Waals surface area contributed by atoms with Crippen molar-refractivity contribution in [3.63, 3.8) is 0 Å². The maximum absolute atomic E-state index is 13.3. The quantitative estimate of drug-likeness (QED) is 0.582. The number of rotatable bonds is 5. The SMILES string of the molecule is COc1ccc(OC)c([C@H]2CC(=O)C3=C(C2)NC(=O)C[C@H]3c2cccc([N+](=O)[O-])c2)c1. The summed E-state index contributed by atoms with van der Waals surface area (Å²) in [6, 6.07) is 11.6. The summed E-state index contributed by atoms with van der Waals surface area (Å²) in [4.78, 5) is 36.4. The molecule has 0 aromatic heterocycles. The number of nitrogens with zero attached hydrogens (tertiary/aromatic N) is 1. The Morgan fingerprint density at radius 1 is 1.03 bits per heavy atom. The first-order valence-electron chi connectivity index (χ1n) is 9.93. The van der Waals surface area contributed by atoms with Crippen LogP contribution < -0.4 is 14.8 Å². The highest BCUT2D eigenvalue weighted by Gasteiger charge is 2.39. The maximum atomic E-state index is 13.3. The third kappa shape index (κ3) is 3.88. The Kier molecular flexibility index (Phi) is 5.46. The van der Waals surface area contributed by atoms with Crippen LogP contribution in [0.1, 0.15) is 42.2 Å². The molecule has 0 spiro atoms. The fourth-order valence-electron chi connectivity index (χ4n) is 4.48. The van der Waals surface area contributed by atoms with Gasteiger partial charge in [0.25, 0.3) is 5.69 Å². The molecule has 2 aliphatic rings. The van der Waals surface area contributed by atoms with E-state index in [1.54, 1.807) is 38.5 Å². The molecule has 8 nitrogen and oxygen atoms in total. The maximum Gasteiger partial charge on any atom is 0.269 e. The average molecular weight is 422 g/mol. The molecule has 0 unspecified atom stereocenters. The van der Waals surface area contributed by atoms with E-state index in [0.717, 1.165) is 5.56 Å². The molecule has 1 heterocycles. The van der Waals surface area contributed by atoms with Crippen LogP contribution in [0.15, 0.2) is 53.7 Å². The molecule has 1 N–H and O–H groups in total. The molecule has 2 atom stereocenters. The molecule has 160 valence electrons. The highest BCUT2D eigenvalue weighted by molar-refractivity contribution is 6.02. The average Bonchev–Trinajstić information content (AvgIpc) is 2.77. The zero-order valence-corrected chi connectivity index (χ0v) is 17.2. The molecule has 0 bridgehead atoms. The van der Waals surface area contributed by atoms with Crippen molar-refractivity contribution in [2.24, 2.45) is 0 Å². The Balaban J connectivity index is 1.74. The Morgan fingerprint density at radius 2 is 1.84 bits per heavy atom. The number of nitro groups is 1. The summed E-state index contributed by atoms with van der Waals surface area (Å²) in [6.07, 6.45) is 0.796. The van der Waals surface area contributed by atoms with Crippen molar-refractivity contribution < 1.29 is 24.0 Å². The molecule has 4 rings (SSSR count). The van der Waals surface area contributed by atoms with E-state index >= 15 is 0 Å². The largest absolute Gasteiger partial charge is 0.497 e. The number of carbonyl (C=O) groups excluding carboxylic acids is 2. The van der Waals surface area contributed by atoms with E-state index in [1.165, 1.54) is 12.1 Å². The minimum absolute atomic E-state index is 0.0621. The second-order valence-corrected chi connectivity index (χ2v) is 7.69. The molecule has 0 saturated carbocycles. The van der Waals surface area contributed by atoms with Crippen molar-refractivity contribution >= 4 is 17.4 Å². The van der Waals surface area contributed by atoms with Crippen LogP contribution in [0.4, 0.5) is 5.69 Å². The summed E-state index contributed by atoms with van der Waals surface area (Å²) in [7, 11) is 3.14. The predicted molar refractivity (Wildman–Crippen MR) is 112 cm³/mol. The minimum atomic E-state index is -0.496. The summed E-state index contributed by atoms with van der Waals surface area (Å²) in [6.45, 7) is 0. The van der Waals surface area contributed by atoms with Crippen molar-refractivity contribution in [3.05, 3.63) is 75.0 Å². The minimum Gasteiger partial charge on any atom is -0.497 e. The highest BCUT2D eigenvalue weighted by Crippen LogP contribution is 2.45. The van der Waals surface area contributed by atoms with Gasteiger partial charge in [0.1, 0.15) is 11.5 Å². The van der Waals surface area contributed by atoms with Gasteiger partial charge in [0.05, 0.1) is 19.1 Å². The summed E-state index contributed by atoms with van der Waals surface area (Å²) in [5.41, 5.74) is 2.50. The number of nitrogens with one attached hydrogen (secondary N) is 1. The number of ether oxygens (including phenoxy) is 2. The smallest absolute Gasteiger partial charge is 0.269 e. The Bertz CT molecular complexity index is 1110. The van der Waals surface area contributed by atoms with E-state index in [0.29, 0.717) is 34.8 Å². The van der Waals surface area contributed by atoms with Crippen LogP contribution in [-0.2, 0) is 9.59 Å². The van der Waals surface area contributed by atoms with Gasteiger partial charge in [-0.3, -0.25) is 19.7 Å². The number of ketones is 1. The van der Waals surface area contributed by atoms with Gasteiger partial charge in [0, 0.05) is 53.6 Å². The van der Waals surface area contributed by atoms with Crippen molar-refractivity contribution in [1.29, 1.82) is 0 Å². The Labute approximate surface area is 179 Å². The lowest BCUT2D eigenvalue weighted by Crippen LogP contribution is -2.38. The van der Waals surface area contributed by atoms with E-state index < -0.39 is 10.8 Å². The molecular formula is C23H22N2O6. The summed E-state index contributed by atoms with van der Waals surface area (Å²) in [5, 5.41) is 14.1. The van der Waals surface area contributed by atoms with Gasteiger partial charge in [-0.15, -0.1) is 0 Å². The zero-order chi connectivity index (χ0) is 22.1. The van der Waals surface area contributed by atoms with Crippen molar-refractivity contribution in [3.8, 4) is 11.5 Å². The number of amides is 1. The van der Waals surface area contributed by atoms with Gasteiger partial charge in [-0.25, -0.2) is 0 Å². The lowest BCUT2D eigenvalue weighted by Gasteiger charge is -2.34. The first-order chi connectivity index (χ1) is 14.9. The number of hydrogen-bond acceptors (Lipinski definition) is 6. The topological polar surface area (TPSA) is 108 Å². The number of non-ortho nitro benzene ring substituents is 1. The number of methoxy groups -OCH3 is 2. The predicted octanol–water partition coefficient (Wildman–Crippen LogP) is 3.62. The number of benzene rings is 2. The molecule has 31 heavy (non-hydrogen) atoms. The van der Waals surface area contributed by atoms with Crippen molar-refractivity contribution in [2.75, 3.05) is 14.2 Å². The summed E-state index contributed by atoms with van der Waals surface area (Å²) in [5.74, 6) is 0.351. The molecule has 2 aromatic carbocycles. The van der Waals surface area contributed by atoms with Crippen LogP contribution in [-0.4, -0.2) is 30.8 Å². The van der Waals surface area contributed by atoms with Gasteiger partial charge < -0.3 is 14.8 Å². The molecular weight excluding hydrogens is 400 g/mol. The zero-order valence-electron chi connectivity index (χ0n) is 17.2. The summed E-state index contributed by atoms with van der Waals surface area (Å²) >= 11 is 0. The van der Waals surface area contributed by atoms with Crippen LogP contribution in [0.5, 0.6) is 11.5 Å². The molecule has 0 radical (unpaired) electrons. The van der Waals surface area contributed by atoms with E-state index in [4.69, 9.17) is 9.47 Å². The third-order valence-corrected chi connectivity index (χ3v) is 5.90. The van der Waals surface area contributed by atoms with Crippen LogP contribution in [0.3, 0.4) is 0 Å². The molecule has 0 fully saturated rings. The highest BCUT2D eigenvalue weighted by atomic mass is 16.6. The van der Waals surface area contributed by atoms with Gasteiger partial charge in [-0.05, 0) is 30.2 Å². The normalized spacial score (nSPS) is 20.7. The fraction of sp³-hybridized carbons (Fsp3) is 0.304. The van der Waals surface area contributed by atoms with Gasteiger partial charge >= 0.3 is 0 Å². The second kappa shape index (κ2) is 8.22. The van der Waals surface area contributed by atoms with E-state index in [2.05, 4.69) is 5.32 Å². The van der Waals surface area contributed by atoms with Crippen molar-refractivity contribution in [2.45, 2.75) is 31.1 Å². The lowest BCUT2D eigenvalue weighted by atomic mass is 9.73. The van der Waals surface area contributed by atoms with Crippen LogP contribution >= 0.6 is 0 Å². The van der Waals surface area contributed by atoms with Crippen LogP contribution in [0.2, 0.25) is 0 Å². The van der Waals surface area contributed by atoms with Gasteiger partial charge in [-0.1, -0.05) is 12.1 Å². The standard InChI is InChI=1S/C23H22N2O6/c1-30-16-6-7-21(31-2)17(11-16)14-9-19-23(20(26)10-14)18(12-22(27)24-19)13-4-3-5-15(8-13)25(28)29/h3-8,11,14,18H,9-10,12H2,1-2H3,(H,24,27)/t14-,18+/m1/s1. The van der Waals surface area contributed by atoms with Crippen LogP contribution in [0.25, 0.3) is 0 Å². The number of hydrogen-bond donors (Lipinski definition) is 1. The number of allylic oxidation sites excluding steroid dienone is 2. The molecule has 1 amide bonds. The monoisotopic (exact) mass is 422 g/mol. The molecule has 0 saturated heterocycles. The van der Waals surface area contributed by atoms with E-state index in [9.17, 15) is 19.7 Å². The number of carbonyl (C=O) groups is 2. The number of nitro benzene ring substituents is 1. The first-order valence-corrected chi connectivity index (χ1v) is 9.93. The van der Waals surface area contributed by atoms with Gasteiger partial charge in [-0.2, -0.15) is 0 Å². The van der Waals surface area contributed by atoms with Gasteiger partial charge in [0.15, 0.2) is 5.78 Å². The first kappa shape index (κ1) is 20.6. The third-order valence-electron chi connectivity index (χ3n) is 5.90. The molecule has 8 heteroatoms. The van der Waals surface area contributed by atoms with Crippen molar-refractivity contribution in [1.82, 2.24) is 5.32 Å². The van der Waals surface area contributed by atoms with Gasteiger partial charge in [0.2, 0.25) is 5.91 Å². The van der Waals surface area contributed by atoms with E-state index in [1.807, 2.05) is 6.07 Å². The second-order valence-electron chi connectivity index (χ2n) is 7.69. The summed E-state index contributed by atoms with van der Waals surface area (Å²) < 4.78 is 10.8. The molecule has 2 aromatic rings. The lowest BCUT2D eigenvalue weighted by molar-refractivity contribution is -0.384. The fourth-order valence-corrected chi connectivity index (χ4v) is 4.48. The van der Waals surface area contributed by atoms with E-state index in [-0.39, 0.29) is 36.1 Å². The Hall–Kier alpha value is -3.68.